The van der Waals surface area contributed by atoms with E-state index in [1.807, 2.05) is 31.2 Å². The highest BCUT2D eigenvalue weighted by molar-refractivity contribution is 5.92. The van der Waals surface area contributed by atoms with Gasteiger partial charge >= 0.3 is 0 Å². The summed E-state index contributed by atoms with van der Waals surface area (Å²) in [6.45, 7) is 2.03. The van der Waals surface area contributed by atoms with Crippen LogP contribution in [0.1, 0.15) is 41.7 Å². The number of carbonyl (C=O) groups excluding carboxylic acids is 1. The number of carbonyl (C=O) groups is 1. The molecule has 1 fully saturated rings. The van der Waals surface area contributed by atoms with Gasteiger partial charge in [-0.2, -0.15) is 0 Å². The average molecular weight is 296 g/mol. The van der Waals surface area contributed by atoms with Crippen LogP contribution in [0.2, 0.25) is 0 Å². The first-order valence-corrected chi connectivity index (χ1v) is 7.68. The van der Waals surface area contributed by atoms with E-state index in [2.05, 4.69) is 20.6 Å². The van der Waals surface area contributed by atoms with E-state index in [1.54, 1.807) is 12.3 Å². The maximum atomic E-state index is 12.2. The molecule has 0 bridgehead atoms. The summed E-state index contributed by atoms with van der Waals surface area (Å²) in [7, 11) is 0. The number of rotatable bonds is 4. The lowest BCUT2D eigenvalue weighted by Crippen LogP contribution is -2.33. The van der Waals surface area contributed by atoms with E-state index in [1.165, 1.54) is 12.8 Å². The van der Waals surface area contributed by atoms with Crippen molar-refractivity contribution < 1.29 is 4.79 Å². The normalized spacial score (nSPS) is 14.8. The lowest BCUT2D eigenvalue weighted by molar-refractivity contribution is 0.0933. The highest BCUT2D eigenvalue weighted by atomic mass is 16.1. The summed E-state index contributed by atoms with van der Waals surface area (Å²) in [5.74, 6) is 0.311. The number of nitrogens with zero attached hydrogens (tertiary/aromatic N) is 2. The number of amides is 1. The fraction of sp³-hybridized carbons (Fsp3) is 0.353. The van der Waals surface area contributed by atoms with Crippen LogP contribution in [0.25, 0.3) is 0 Å². The summed E-state index contributed by atoms with van der Waals surface area (Å²) < 4.78 is 0. The molecule has 5 nitrogen and oxygen atoms in total. The minimum Gasteiger partial charge on any atom is -0.348 e. The van der Waals surface area contributed by atoms with Crippen LogP contribution in [0.4, 0.5) is 11.6 Å². The van der Waals surface area contributed by atoms with Crippen LogP contribution < -0.4 is 10.6 Å². The predicted octanol–water partition coefficient (Wildman–Crippen LogP) is 3.20. The van der Waals surface area contributed by atoms with Crippen LogP contribution in [-0.2, 0) is 0 Å². The molecule has 1 aliphatic carbocycles. The minimum absolute atomic E-state index is 0.124. The number of hydrogen-bond acceptors (Lipinski definition) is 4. The molecular formula is C17H20N4O. The van der Waals surface area contributed by atoms with Gasteiger partial charge in [-0.15, -0.1) is 0 Å². The summed E-state index contributed by atoms with van der Waals surface area (Å²) in [5.41, 5.74) is 2.46. The third-order valence-electron chi connectivity index (χ3n) is 3.85. The Kier molecular flexibility index (Phi) is 4.32. The minimum atomic E-state index is -0.124. The molecular weight excluding hydrogens is 276 g/mol. The first-order chi connectivity index (χ1) is 10.7. The Morgan fingerprint density at radius 1 is 1.23 bits per heavy atom. The van der Waals surface area contributed by atoms with Gasteiger partial charge in [0.25, 0.3) is 5.91 Å². The van der Waals surface area contributed by atoms with Crippen LogP contribution in [0.3, 0.4) is 0 Å². The molecule has 0 saturated heterocycles. The molecule has 0 atom stereocenters. The molecule has 2 N–H and O–H groups in total. The van der Waals surface area contributed by atoms with Crippen LogP contribution in [-0.4, -0.2) is 21.9 Å². The third-order valence-corrected chi connectivity index (χ3v) is 3.85. The summed E-state index contributed by atoms with van der Waals surface area (Å²) in [5, 5.41) is 6.17. The molecule has 0 radical (unpaired) electrons. The van der Waals surface area contributed by atoms with E-state index >= 15 is 0 Å². The Hall–Kier alpha value is -2.43. The van der Waals surface area contributed by atoms with Gasteiger partial charge < -0.3 is 10.6 Å². The summed E-state index contributed by atoms with van der Waals surface area (Å²) in [6.07, 6.45) is 6.11. The molecule has 0 spiro atoms. The van der Waals surface area contributed by atoms with Gasteiger partial charge in [0.15, 0.2) is 0 Å². The number of nitrogens with one attached hydrogen (secondary N) is 2. The molecule has 1 aliphatic rings. The topological polar surface area (TPSA) is 66.9 Å². The Morgan fingerprint density at radius 2 is 2.05 bits per heavy atom. The van der Waals surface area contributed by atoms with Crippen molar-refractivity contribution in [2.75, 3.05) is 5.32 Å². The zero-order valence-electron chi connectivity index (χ0n) is 12.7. The van der Waals surface area contributed by atoms with Crippen molar-refractivity contribution >= 4 is 17.5 Å². The molecule has 1 amide bonds. The maximum absolute atomic E-state index is 12.2. The lowest BCUT2D eigenvalue weighted by atomic mass is 10.2. The first kappa shape index (κ1) is 14.5. The molecule has 1 aromatic carbocycles. The number of aromatic nitrogens is 2. The molecule has 0 aliphatic heterocycles. The Labute approximate surface area is 130 Å². The second-order valence-corrected chi connectivity index (χ2v) is 5.71. The van der Waals surface area contributed by atoms with Crippen molar-refractivity contribution in [3.63, 3.8) is 0 Å². The number of anilines is 2. The summed E-state index contributed by atoms with van der Waals surface area (Å²) >= 11 is 0. The molecule has 2 aromatic rings. The zero-order chi connectivity index (χ0) is 15.4. The van der Waals surface area contributed by atoms with Crippen LogP contribution in [0.15, 0.2) is 36.5 Å². The van der Waals surface area contributed by atoms with Gasteiger partial charge in [-0.1, -0.05) is 25.0 Å². The molecule has 0 unspecified atom stereocenters. The smallest absolute Gasteiger partial charge is 0.270 e. The largest absolute Gasteiger partial charge is 0.348 e. The Bertz CT molecular complexity index is 665. The number of hydrogen-bond donors (Lipinski definition) is 2. The van der Waals surface area contributed by atoms with Crippen molar-refractivity contribution in [3.8, 4) is 0 Å². The summed E-state index contributed by atoms with van der Waals surface area (Å²) in [6, 6.07) is 9.88. The van der Waals surface area contributed by atoms with Crippen molar-refractivity contribution in [2.24, 2.45) is 0 Å². The van der Waals surface area contributed by atoms with E-state index < -0.39 is 0 Å². The lowest BCUT2D eigenvalue weighted by Gasteiger charge is -2.12. The average Bonchev–Trinajstić information content (AvgIpc) is 3.00. The van der Waals surface area contributed by atoms with Gasteiger partial charge in [-0.25, -0.2) is 9.97 Å². The molecule has 1 heterocycles. The van der Waals surface area contributed by atoms with Crippen molar-refractivity contribution in [1.29, 1.82) is 0 Å². The summed E-state index contributed by atoms with van der Waals surface area (Å²) in [4.78, 5) is 20.7. The second-order valence-electron chi connectivity index (χ2n) is 5.71. The number of aryl methyl sites for hydroxylation is 1. The third kappa shape index (κ3) is 3.61. The molecule has 114 valence electrons. The monoisotopic (exact) mass is 296 g/mol. The SMILES string of the molecule is Cc1cccc(Nc2nccc(C(=O)NC3CCCC3)n2)c1. The number of benzene rings is 1. The molecule has 1 aromatic heterocycles. The van der Waals surface area contributed by atoms with Gasteiger partial charge in [-0.3, -0.25) is 4.79 Å². The van der Waals surface area contributed by atoms with E-state index in [0.717, 1.165) is 24.1 Å². The van der Waals surface area contributed by atoms with Crippen LogP contribution >= 0.6 is 0 Å². The fourth-order valence-corrected chi connectivity index (χ4v) is 2.73. The predicted molar refractivity (Wildman–Crippen MR) is 86.2 cm³/mol. The standard InChI is InChI=1S/C17H20N4O/c1-12-5-4-8-14(11-12)20-17-18-10-9-15(21-17)16(22)19-13-6-2-3-7-13/h4-5,8-11,13H,2-3,6-7H2,1H3,(H,19,22)(H,18,20,21). The quantitative estimate of drug-likeness (QED) is 0.909. The van der Waals surface area contributed by atoms with Crippen molar-refractivity contribution in [3.05, 3.63) is 47.8 Å². The van der Waals surface area contributed by atoms with E-state index in [-0.39, 0.29) is 11.9 Å². The van der Waals surface area contributed by atoms with Crippen LogP contribution in [0, 0.1) is 6.92 Å². The zero-order valence-corrected chi connectivity index (χ0v) is 12.7. The van der Waals surface area contributed by atoms with Crippen molar-refractivity contribution in [2.45, 2.75) is 38.6 Å². The first-order valence-electron chi connectivity index (χ1n) is 7.68. The van der Waals surface area contributed by atoms with Crippen molar-refractivity contribution in [1.82, 2.24) is 15.3 Å². The molecule has 5 heteroatoms. The van der Waals surface area contributed by atoms with Gasteiger partial charge in [0, 0.05) is 17.9 Å². The van der Waals surface area contributed by atoms with E-state index in [0.29, 0.717) is 11.6 Å². The fourth-order valence-electron chi connectivity index (χ4n) is 2.73. The Morgan fingerprint density at radius 3 is 2.82 bits per heavy atom. The molecule has 3 rings (SSSR count). The van der Waals surface area contributed by atoms with Gasteiger partial charge in [-0.05, 0) is 43.5 Å². The molecule has 1 saturated carbocycles. The highest BCUT2D eigenvalue weighted by Gasteiger charge is 2.18. The molecule has 22 heavy (non-hydrogen) atoms. The van der Waals surface area contributed by atoms with Gasteiger partial charge in [0.05, 0.1) is 0 Å². The Balaban J connectivity index is 1.70. The highest BCUT2D eigenvalue weighted by Crippen LogP contribution is 2.18. The van der Waals surface area contributed by atoms with Gasteiger partial charge in [0.1, 0.15) is 5.69 Å². The van der Waals surface area contributed by atoms with Crippen LogP contribution in [0.5, 0.6) is 0 Å². The van der Waals surface area contributed by atoms with Gasteiger partial charge in [0.2, 0.25) is 5.95 Å². The van der Waals surface area contributed by atoms with E-state index in [4.69, 9.17) is 0 Å². The van der Waals surface area contributed by atoms with E-state index in [9.17, 15) is 4.79 Å². The second kappa shape index (κ2) is 6.56. The maximum Gasteiger partial charge on any atom is 0.270 e.